The van der Waals surface area contributed by atoms with Crippen LogP contribution < -0.4 is 5.32 Å². The Kier molecular flexibility index (Phi) is 6.36. The van der Waals surface area contributed by atoms with E-state index in [1.807, 2.05) is 38.1 Å². The van der Waals surface area contributed by atoms with Crippen LogP contribution in [0.2, 0.25) is 0 Å². The number of carbonyl (C=O) groups is 1. The van der Waals surface area contributed by atoms with Gasteiger partial charge in [0, 0.05) is 23.0 Å². The Morgan fingerprint density at radius 2 is 1.94 bits per heavy atom. The molecule has 0 saturated carbocycles. The molecule has 1 amide bonds. The molecule has 0 fully saturated rings. The highest BCUT2D eigenvalue weighted by Gasteiger charge is 2.15. The van der Waals surface area contributed by atoms with Gasteiger partial charge in [-0.2, -0.15) is 0 Å². The van der Waals surface area contributed by atoms with Gasteiger partial charge in [0.2, 0.25) is 5.91 Å². The van der Waals surface area contributed by atoms with E-state index in [-0.39, 0.29) is 24.5 Å². The van der Waals surface area contributed by atoms with E-state index < -0.39 is 0 Å². The second-order valence-corrected chi connectivity index (χ2v) is 5.57. The van der Waals surface area contributed by atoms with Crippen molar-refractivity contribution in [1.82, 2.24) is 5.32 Å². The molecule has 2 atom stereocenters. The summed E-state index contributed by atoms with van der Waals surface area (Å²) in [5, 5.41) is 11.7. The van der Waals surface area contributed by atoms with Crippen LogP contribution in [0.15, 0.2) is 28.7 Å². The minimum absolute atomic E-state index is 0.0230. The normalized spacial score (nSPS) is 14.0. The minimum Gasteiger partial charge on any atom is -0.396 e. The van der Waals surface area contributed by atoms with Crippen LogP contribution in [0.4, 0.5) is 0 Å². The van der Waals surface area contributed by atoms with Crippen molar-refractivity contribution in [1.29, 1.82) is 0 Å². The summed E-state index contributed by atoms with van der Waals surface area (Å²) in [7, 11) is 0. The van der Waals surface area contributed by atoms with Crippen molar-refractivity contribution >= 4 is 21.8 Å². The Morgan fingerprint density at radius 3 is 2.50 bits per heavy atom. The summed E-state index contributed by atoms with van der Waals surface area (Å²) < 4.78 is 1.04. The first-order chi connectivity index (χ1) is 8.52. The molecule has 18 heavy (non-hydrogen) atoms. The zero-order valence-electron chi connectivity index (χ0n) is 10.8. The lowest BCUT2D eigenvalue weighted by molar-refractivity contribution is -0.125. The minimum atomic E-state index is -0.0627. The lowest BCUT2D eigenvalue weighted by Crippen LogP contribution is -2.37. The molecule has 0 spiro atoms. The lowest BCUT2D eigenvalue weighted by atomic mass is 10.00. The van der Waals surface area contributed by atoms with Gasteiger partial charge in [0.25, 0.3) is 0 Å². The van der Waals surface area contributed by atoms with Crippen molar-refractivity contribution in [2.45, 2.75) is 32.7 Å². The van der Waals surface area contributed by atoms with E-state index >= 15 is 0 Å². The van der Waals surface area contributed by atoms with Gasteiger partial charge in [-0.25, -0.2) is 0 Å². The van der Waals surface area contributed by atoms with Crippen molar-refractivity contribution in [2.24, 2.45) is 5.92 Å². The fraction of sp³-hybridized carbons (Fsp3) is 0.500. The van der Waals surface area contributed by atoms with Crippen molar-refractivity contribution in [3.05, 3.63) is 34.3 Å². The quantitative estimate of drug-likeness (QED) is 0.848. The van der Waals surface area contributed by atoms with Crippen molar-refractivity contribution in [3.63, 3.8) is 0 Å². The molecule has 1 aromatic carbocycles. The first kappa shape index (κ1) is 15.2. The molecule has 2 N–H and O–H groups in total. The number of carbonyl (C=O) groups excluding carboxylic acids is 1. The van der Waals surface area contributed by atoms with E-state index in [9.17, 15) is 4.79 Å². The van der Waals surface area contributed by atoms with Gasteiger partial charge in [-0.3, -0.25) is 4.79 Å². The van der Waals surface area contributed by atoms with Crippen LogP contribution in [-0.2, 0) is 11.2 Å². The molecule has 0 aliphatic rings. The van der Waals surface area contributed by atoms with E-state index in [4.69, 9.17) is 5.11 Å². The highest BCUT2D eigenvalue weighted by Crippen LogP contribution is 2.14. The van der Waals surface area contributed by atoms with Crippen LogP contribution >= 0.6 is 15.9 Å². The Labute approximate surface area is 117 Å². The Morgan fingerprint density at radius 1 is 1.33 bits per heavy atom. The molecule has 4 heteroatoms. The van der Waals surface area contributed by atoms with Gasteiger partial charge >= 0.3 is 0 Å². The Balaban J connectivity index is 2.46. The summed E-state index contributed by atoms with van der Waals surface area (Å²) in [6.07, 6.45) is 1.32. The van der Waals surface area contributed by atoms with E-state index in [1.54, 1.807) is 0 Å². The standard InChI is InChI=1S/C14H20BrNO2/c1-10(14(18)16-11(2)7-8-17)9-12-3-5-13(15)6-4-12/h3-6,10-11,17H,7-9H2,1-2H3,(H,16,18). The van der Waals surface area contributed by atoms with Gasteiger partial charge in [-0.15, -0.1) is 0 Å². The van der Waals surface area contributed by atoms with E-state index in [0.717, 1.165) is 16.5 Å². The summed E-state index contributed by atoms with van der Waals surface area (Å²) in [5.41, 5.74) is 1.15. The van der Waals surface area contributed by atoms with Crippen LogP contribution in [0.3, 0.4) is 0 Å². The van der Waals surface area contributed by atoms with Gasteiger partial charge in [-0.1, -0.05) is 35.0 Å². The zero-order valence-corrected chi connectivity index (χ0v) is 12.4. The third kappa shape index (κ3) is 5.19. The summed E-state index contributed by atoms with van der Waals surface area (Å²) in [5.74, 6) is -0.0220. The van der Waals surface area contributed by atoms with Crippen LogP contribution in [0.25, 0.3) is 0 Å². The number of amides is 1. The first-order valence-corrected chi connectivity index (χ1v) is 6.98. The second kappa shape index (κ2) is 7.54. The number of hydrogen-bond acceptors (Lipinski definition) is 2. The monoisotopic (exact) mass is 313 g/mol. The van der Waals surface area contributed by atoms with Gasteiger partial charge in [0.1, 0.15) is 0 Å². The first-order valence-electron chi connectivity index (χ1n) is 6.18. The van der Waals surface area contributed by atoms with E-state index in [2.05, 4.69) is 21.2 Å². The Bertz CT molecular complexity index is 378. The maximum Gasteiger partial charge on any atom is 0.223 e. The summed E-state index contributed by atoms with van der Waals surface area (Å²) in [6.45, 7) is 3.92. The molecular formula is C14H20BrNO2. The van der Waals surface area contributed by atoms with Crippen LogP contribution in [-0.4, -0.2) is 23.7 Å². The van der Waals surface area contributed by atoms with Gasteiger partial charge < -0.3 is 10.4 Å². The highest BCUT2D eigenvalue weighted by atomic mass is 79.9. The number of aliphatic hydroxyl groups excluding tert-OH is 1. The molecule has 0 radical (unpaired) electrons. The molecule has 0 saturated heterocycles. The third-order valence-corrected chi connectivity index (χ3v) is 3.38. The SMILES string of the molecule is CC(CCO)NC(=O)C(C)Cc1ccc(Br)cc1. The predicted molar refractivity (Wildman–Crippen MR) is 76.3 cm³/mol. The summed E-state index contributed by atoms with van der Waals surface area (Å²) in [4.78, 5) is 11.9. The summed E-state index contributed by atoms with van der Waals surface area (Å²) in [6, 6.07) is 8.02. The number of rotatable bonds is 6. The Hall–Kier alpha value is -0.870. The predicted octanol–water partition coefficient (Wildman–Crippen LogP) is 2.51. The van der Waals surface area contributed by atoms with Crippen molar-refractivity contribution in [3.8, 4) is 0 Å². The molecule has 2 unspecified atom stereocenters. The maximum atomic E-state index is 11.9. The van der Waals surface area contributed by atoms with Crippen LogP contribution in [0.1, 0.15) is 25.8 Å². The van der Waals surface area contributed by atoms with Gasteiger partial charge in [0.05, 0.1) is 0 Å². The van der Waals surface area contributed by atoms with Gasteiger partial charge in [-0.05, 0) is 37.5 Å². The van der Waals surface area contributed by atoms with E-state index in [1.165, 1.54) is 0 Å². The second-order valence-electron chi connectivity index (χ2n) is 4.65. The largest absolute Gasteiger partial charge is 0.396 e. The average molecular weight is 314 g/mol. The van der Waals surface area contributed by atoms with Gasteiger partial charge in [0.15, 0.2) is 0 Å². The summed E-state index contributed by atoms with van der Waals surface area (Å²) >= 11 is 3.39. The molecule has 0 aromatic heterocycles. The number of aliphatic hydroxyl groups is 1. The number of benzene rings is 1. The molecule has 0 heterocycles. The van der Waals surface area contributed by atoms with Crippen molar-refractivity contribution < 1.29 is 9.90 Å². The average Bonchev–Trinajstić information content (AvgIpc) is 2.32. The van der Waals surface area contributed by atoms with Crippen LogP contribution in [0.5, 0.6) is 0 Å². The topological polar surface area (TPSA) is 49.3 Å². The van der Waals surface area contributed by atoms with E-state index in [0.29, 0.717) is 6.42 Å². The van der Waals surface area contributed by atoms with Crippen molar-refractivity contribution in [2.75, 3.05) is 6.61 Å². The highest BCUT2D eigenvalue weighted by molar-refractivity contribution is 9.10. The zero-order chi connectivity index (χ0) is 13.5. The smallest absolute Gasteiger partial charge is 0.223 e. The van der Waals surface area contributed by atoms with Crippen LogP contribution in [0, 0.1) is 5.92 Å². The maximum absolute atomic E-state index is 11.9. The molecule has 100 valence electrons. The molecule has 3 nitrogen and oxygen atoms in total. The number of nitrogens with one attached hydrogen (secondary N) is 1. The number of hydrogen-bond donors (Lipinski definition) is 2. The lowest BCUT2D eigenvalue weighted by Gasteiger charge is -2.17. The molecule has 0 aliphatic heterocycles. The molecule has 0 bridgehead atoms. The fourth-order valence-electron chi connectivity index (χ4n) is 1.72. The molecule has 1 rings (SSSR count). The molecule has 1 aromatic rings. The third-order valence-electron chi connectivity index (χ3n) is 2.85. The fourth-order valence-corrected chi connectivity index (χ4v) is 1.98. The molecular weight excluding hydrogens is 294 g/mol. The molecule has 0 aliphatic carbocycles. The number of halogens is 1.